The predicted octanol–water partition coefficient (Wildman–Crippen LogP) is 3.18. The fourth-order valence-electron chi connectivity index (χ4n) is 1.74. The van der Waals surface area contributed by atoms with E-state index in [2.05, 4.69) is 0 Å². The Balaban J connectivity index is 2.50. The molecule has 0 N–H and O–H groups in total. The van der Waals surface area contributed by atoms with Gasteiger partial charge in [0.2, 0.25) is 0 Å². The van der Waals surface area contributed by atoms with Gasteiger partial charge >= 0.3 is 0 Å². The standard InChI is InChI=1S/C14H10ClFN2O2S/c1-18(12-4-2-3-11(16)8-12)21(19,20)14-6-5-10(9-17)7-13(14)15/h2-8H,1H3. The van der Waals surface area contributed by atoms with Crippen LogP contribution in [-0.2, 0) is 10.0 Å². The summed E-state index contributed by atoms with van der Waals surface area (Å²) < 4.78 is 39.1. The number of nitriles is 1. The maximum atomic E-state index is 13.2. The van der Waals surface area contributed by atoms with E-state index in [0.29, 0.717) is 0 Å². The molecule has 108 valence electrons. The second-order valence-corrected chi connectivity index (χ2v) is 6.55. The summed E-state index contributed by atoms with van der Waals surface area (Å²) in [6.45, 7) is 0. The number of benzene rings is 2. The van der Waals surface area contributed by atoms with Gasteiger partial charge in [-0.2, -0.15) is 5.26 Å². The van der Waals surface area contributed by atoms with Crippen LogP contribution in [0.3, 0.4) is 0 Å². The van der Waals surface area contributed by atoms with Crippen molar-refractivity contribution in [2.75, 3.05) is 11.4 Å². The third kappa shape index (κ3) is 2.99. The number of hydrogen-bond acceptors (Lipinski definition) is 3. The Hall–Kier alpha value is -2.10. The summed E-state index contributed by atoms with van der Waals surface area (Å²) in [5.41, 5.74) is 0.433. The molecule has 7 heteroatoms. The molecule has 0 aromatic heterocycles. The molecule has 4 nitrogen and oxygen atoms in total. The predicted molar refractivity (Wildman–Crippen MR) is 78.2 cm³/mol. The molecule has 2 aromatic rings. The minimum atomic E-state index is -3.94. The SMILES string of the molecule is CN(c1cccc(F)c1)S(=O)(=O)c1ccc(C#N)cc1Cl. The number of halogens is 2. The van der Waals surface area contributed by atoms with Crippen molar-refractivity contribution in [3.63, 3.8) is 0 Å². The molecule has 2 aromatic carbocycles. The summed E-state index contributed by atoms with van der Waals surface area (Å²) in [5, 5.41) is 8.71. The molecule has 0 spiro atoms. The van der Waals surface area contributed by atoms with Gasteiger partial charge in [0, 0.05) is 7.05 Å². The number of sulfonamides is 1. The fourth-order valence-corrected chi connectivity index (χ4v) is 3.44. The molecule has 0 saturated heterocycles. The summed E-state index contributed by atoms with van der Waals surface area (Å²) >= 11 is 5.92. The highest BCUT2D eigenvalue weighted by molar-refractivity contribution is 7.93. The van der Waals surface area contributed by atoms with Crippen molar-refractivity contribution < 1.29 is 12.8 Å². The molecule has 2 rings (SSSR count). The molecule has 21 heavy (non-hydrogen) atoms. The second kappa shape index (κ2) is 5.72. The van der Waals surface area contributed by atoms with E-state index in [1.165, 1.54) is 43.4 Å². The lowest BCUT2D eigenvalue weighted by atomic mass is 10.2. The van der Waals surface area contributed by atoms with Crippen LogP contribution in [0, 0.1) is 17.1 Å². The van der Waals surface area contributed by atoms with Gasteiger partial charge in [-0.05, 0) is 36.4 Å². The van der Waals surface area contributed by atoms with Crippen LogP contribution in [0.4, 0.5) is 10.1 Å². The van der Waals surface area contributed by atoms with Crippen LogP contribution in [0.2, 0.25) is 5.02 Å². The van der Waals surface area contributed by atoms with E-state index in [4.69, 9.17) is 16.9 Å². The number of rotatable bonds is 3. The van der Waals surface area contributed by atoms with E-state index in [1.807, 2.05) is 6.07 Å². The molecular weight excluding hydrogens is 315 g/mol. The van der Waals surface area contributed by atoms with Crippen LogP contribution in [0.15, 0.2) is 47.4 Å². The maximum Gasteiger partial charge on any atom is 0.265 e. The summed E-state index contributed by atoms with van der Waals surface area (Å²) in [6, 6.07) is 11.0. The minimum Gasteiger partial charge on any atom is -0.269 e. The van der Waals surface area contributed by atoms with Gasteiger partial charge < -0.3 is 0 Å². The quantitative estimate of drug-likeness (QED) is 0.871. The molecule has 0 unspecified atom stereocenters. The summed E-state index contributed by atoms with van der Waals surface area (Å²) in [7, 11) is -2.63. The van der Waals surface area contributed by atoms with Crippen molar-refractivity contribution in [2.24, 2.45) is 0 Å². The van der Waals surface area contributed by atoms with Crippen LogP contribution in [0.25, 0.3) is 0 Å². The number of hydrogen-bond donors (Lipinski definition) is 0. The fraction of sp³-hybridized carbons (Fsp3) is 0.0714. The van der Waals surface area contributed by atoms with E-state index in [-0.39, 0.29) is 21.2 Å². The van der Waals surface area contributed by atoms with Gasteiger partial charge in [0.25, 0.3) is 10.0 Å². The van der Waals surface area contributed by atoms with Crippen LogP contribution in [0.5, 0.6) is 0 Å². The molecule has 0 atom stereocenters. The van der Waals surface area contributed by atoms with Crippen LogP contribution in [-0.4, -0.2) is 15.5 Å². The molecule has 0 aliphatic rings. The zero-order valence-corrected chi connectivity index (χ0v) is 12.5. The Kier molecular flexibility index (Phi) is 4.16. The van der Waals surface area contributed by atoms with Gasteiger partial charge in [-0.25, -0.2) is 12.8 Å². The number of nitrogens with zero attached hydrogens (tertiary/aromatic N) is 2. The zero-order valence-electron chi connectivity index (χ0n) is 10.9. The van der Waals surface area contributed by atoms with Gasteiger partial charge in [-0.1, -0.05) is 17.7 Å². The van der Waals surface area contributed by atoms with Gasteiger partial charge in [0.05, 0.1) is 22.3 Å². The molecule has 0 amide bonds. The lowest BCUT2D eigenvalue weighted by Gasteiger charge is -2.20. The van der Waals surface area contributed by atoms with Crippen molar-refractivity contribution in [2.45, 2.75) is 4.90 Å². The van der Waals surface area contributed by atoms with Crippen molar-refractivity contribution in [3.8, 4) is 6.07 Å². The van der Waals surface area contributed by atoms with Crippen molar-refractivity contribution in [3.05, 3.63) is 58.9 Å². The molecular formula is C14H10ClFN2O2S. The first-order chi connectivity index (χ1) is 9.86. The molecule has 0 radical (unpaired) electrons. The van der Waals surface area contributed by atoms with E-state index in [1.54, 1.807) is 0 Å². The first kappa shape index (κ1) is 15.3. The first-order valence-corrected chi connectivity index (χ1v) is 7.62. The average Bonchev–Trinajstić information content (AvgIpc) is 2.45. The molecule has 0 heterocycles. The average molecular weight is 325 g/mol. The highest BCUT2D eigenvalue weighted by Gasteiger charge is 2.24. The summed E-state index contributed by atoms with van der Waals surface area (Å²) in [5.74, 6) is -0.541. The Labute approximate surface area is 127 Å². The summed E-state index contributed by atoms with van der Waals surface area (Å²) in [4.78, 5) is -0.144. The van der Waals surface area contributed by atoms with Gasteiger partial charge in [0.1, 0.15) is 10.7 Å². The third-order valence-corrected chi connectivity index (χ3v) is 5.14. The molecule has 0 fully saturated rings. The Morgan fingerprint density at radius 3 is 2.52 bits per heavy atom. The second-order valence-electron chi connectivity index (χ2n) is 4.21. The topological polar surface area (TPSA) is 61.2 Å². The van der Waals surface area contributed by atoms with Gasteiger partial charge in [-0.3, -0.25) is 4.31 Å². The van der Waals surface area contributed by atoms with Crippen LogP contribution in [0.1, 0.15) is 5.56 Å². The zero-order chi connectivity index (χ0) is 15.6. The smallest absolute Gasteiger partial charge is 0.265 e. The Morgan fingerprint density at radius 2 is 1.95 bits per heavy atom. The van der Waals surface area contributed by atoms with E-state index in [9.17, 15) is 12.8 Å². The van der Waals surface area contributed by atoms with Crippen molar-refractivity contribution in [1.82, 2.24) is 0 Å². The monoisotopic (exact) mass is 324 g/mol. The van der Waals surface area contributed by atoms with E-state index >= 15 is 0 Å². The number of anilines is 1. The summed E-state index contributed by atoms with van der Waals surface area (Å²) in [6.07, 6.45) is 0. The van der Waals surface area contributed by atoms with Crippen molar-refractivity contribution in [1.29, 1.82) is 5.26 Å². The molecule has 0 saturated carbocycles. The maximum absolute atomic E-state index is 13.2. The normalized spacial score (nSPS) is 11.0. The van der Waals surface area contributed by atoms with Gasteiger partial charge in [-0.15, -0.1) is 0 Å². The highest BCUT2D eigenvalue weighted by Crippen LogP contribution is 2.28. The van der Waals surface area contributed by atoms with Crippen LogP contribution >= 0.6 is 11.6 Å². The Bertz CT molecular complexity index is 831. The molecule has 0 aliphatic carbocycles. The first-order valence-electron chi connectivity index (χ1n) is 5.80. The largest absolute Gasteiger partial charge is 0.269 e. The molecule has 0 bridgehead atoms. The Morgan fingerprint density at radius 1 is 1.24 bits per heavy atom. The lowest BCUT2D eigenvalue weighted by Crippen LogP contribution is -2.26. The minimum absolute atomic E-state index is 0.0581. The van der Waals surface area contributed by atoms with E-state index < -0.39 is 15.8 Å². The lowest BCUT2D eigenvalue weighted by molar-refractivity contribution is 0.594. The molecule has 0 aliphatic heterocycles. The van der Waals surface area contributed by atoms with Crippen molar-refractivity contribution >= 4 is 27.3 Å². The van der Waals surface area contributed by atoms with E-state index in [0.717, 1.165) is 10.4 Å². The van der Waals surface area contributed by atoms with Crippen LogP contribution < -0.4 is 4.31 Å². The highest BCUT2D eigenvalue weighted by atomic mass is 35.5. The third-order valence-electron chi connectivity index (χ3n) is 2.87. The van der Waals surface area contributed by atoms with Gasteiger partial charge in [0.15, 0.2) is 0 Å².